The number of rotatable bonds is 2. The van der Waals surface area contributed by atoms with Crippen LogP contribution in [0.25, 0.3) is 0 Å². The summed E-state index contributed by atoms with van der Waals surface area (Å²) in [6.45, 7) is 10.6. The lowest BCUT2D eigenvalue weighted by atomic mass is 9.81. The van der Waals surface area contributed by atoms with Crippen LogP contribution in [0.2, 0.25) is 0 Å². The van der Waals surface area contributed by atoms with Gasteiger partial charge in [-0.15, -0.1) is 0 Å². The van der Waals surface area contributed by atoms with Gasteiger partial charge in [-0.2, -0.15) is 0 Å². The molecular formula is C13H24N2O. The van der Waals surface area contributed by atoms with Crippen LogP contribution in [-0.4, -0.2) is 37.0 Å². The normalized spacial score (nSPS) is 27.3. The summed E-state index contributed by atoms with van der Waals surface area (Å²) in [5, 5.41) is 3.24. The second kappa shape index (κ2) is 4.36. The minimum atomic E-state index is 0.211. The largest absolute Gasteiger partial charge is 0.342 e. The van der Waals surface area contributed by atoms with E-state index in [9.17, 15) is 4.79 Å². The summed E-state index contributed by atoms with van der Waals surface area (Å²) in [6, 6.07) is 0. The average Bonchev–Trinajstić information content (AvgIpc) is 2.14. The summed E-state index contributed by atoms with van der Waals surface area (Å²) < 4.78 is 0. The Morgan fingerprint density at radius 2 is 1.88 bits per heavy atom. The fourth-order valence-electron chi connectivity index (χ4n) is 2.49. The van der Waals surface area contributed by atoms with Gasteiger partial charge in [-0.05, 0) is 37.3 Å². The Labute approximate surface area is 98.6 Å². The van der Waals surface area contributed by atoms with Crippen molar-refractivity contribution in [1.82, 2.24) is 10.2 Å². The van der Waals surface area contributed by atoms with E-state index in [1.807, 2.05) is 0 Å². The van der Waals surface area contributed by atoms with Gasteiger partial charge in [0.2, 0.25) is 5.91 Å². The second-order valence-corrected chi connectivity index (χ2v) is 6.20. The SMILES string of the molecule is CC(C(=O)N1CCC(C)(C)CC1)C1CNC1. The van der Waals surface area contributed by atoms with Crippen LogP contribution in [0.1, 0.15) is 33.6 Å². The zero-order valence-corrected chi connectivity index (χ0v) is 10.8. The van der Waals surface area contributed by atoms with E-state index in [-0.39, 0.29) is 5.92 Å². The summed E-state index contributed by atoms with van der Waals surface area (Å²) in [6.07, 6.45) is 2.29. The molecule has 0 saturated carbocycles. The number of amides is 1. The molecule has 2 aliphatic rings. The van der Waals surface area contributed by atoms with Crippen molar-refractivity contribution >= 4 is 5.91 Å². The molecule has 0 bridgehead atoms. The van der Waals surface area contributed by atoms with E-state index in [0.29, 0.717) is 17.2 Å². The Bertz CT molecular complexity index is 261. The number of carbonyl (C=O) groups excluding carboxylic acids is 1. The average molecular weight is 224 g/mol. The van der Waals surface area contributed by atoms with E-state index in [2.05, 4.69) is 31.0 Å². The molecule has 16 heavy (non-hydrogen) atoms. The van der Waals surface area contributed by atoms with Crippen molar-refractivity contribution in [2.24, 2.45) is 17.3 Å². The van der Waals surface area contributed by atoms with Crippen LogP contribution in [0.4, 0.5) is 0 Å². The molecule has 1 amide bonds. The van der Waals surface area contributed by atoms with Crippen molar-refractivity contribution in [3.8, 4) is 0 Å². The molecule has 1 atom stereocenters. The minimum Gasteiger partial charge on any atom is -0.342 e. The second-order valence-electron chi connectivity index (χ2n) is 6.20. The fraction of sp³-hybridized carbons (Fsp3) is 0.923. The van der Waals surface area contributed by atoms with E-state index in [1.165, 1.54) is 0 Å². The third-order valence-corrected chi connectivity index (χ3v) is 4.34. The molecule has 2 rings (SSSR count). The zero-order chi connectivity index (χ0) is 11.8. The van der Waals surface area contributed by atoms with Gasteiger partial charge < -0.3 is 10.2 Å². The highest BCUT2D eigenvalue weighted by Crippen LogP contribution is 2.31. The number of piperidine rings is 1. The number of carbonyl (C=O) groups is 1. The molecule has 1 unspecified atom stereocenters. The molecule has 3 nitrogen and oxygen atoms in total. The first-order chi connectivity index (χ1) is 7.49. The van der Waals surface area contributed by atoms with Crippen LogP contribution < -0.4 is 5.32 Å². The van der Waals surface area contributed by atoms with Crippen molar-refractivity contribution in [1.29, 1.82) is 0 Å². The Hall–Kier alpha value is -0.570. The van der Waals surface area contributed by atoms with Gasteiger partial charge in [0.25, 0.3) is 0 Å². The molecule has 3 heteroatoms. The van der Waals surface area contributed by atoms with Crippen molar-refractivity contribution in [3.05, 3.63) is 0 Å². The number of hydrogen-bond donors (Lipinski definition) is 1. The predicted octanol–water partition coefficient (Wildman–Crippen LogP) is 1.49. The van der Waals surface area contributed by atoms with Gasteiger partial charge in [0, 0.05) is 19.0 Å². The van der Waals surface area contributed by atoms with E-state index < -0.39 is 0 Å². The Morgan fingerprint density at radius 1 is 1.31 bits per heavy atom. The Kier molecular flexibility index (Phi) is 3.24. The highest BCUT2D eigenvalue weighted by Gasteiger charge is 2.34. The number of nitrogens with one attached hydrogen (secondary N) is 1. The maximum atomic E-state index is 12.2. The van der Waals surface area contributed by atoms with Gasteiger partial charge in [0.15, 0.2) is 0 Å². The lowest BCUT2D eigenvalue weighted by Crippen LogP contribution is -2.52. The molecule has 2 aliphatic heterocycles. The van der Waals surface area contributed by atoms with Crippen LogP contribution in [0.3, 0.4) is 0 Å². The topological polar surface area (TPSA) is 32.3 Å². The van der Waals surface area contributed by atoms with E-state index in [0.717, 1.165) is 39.0 Å². The molecule has 0 radical (unpaired) electrons. The van der Waals surface area contributed by atoms with Gasteiger partial charge >= 0.3 is 0 Å². The molecule has 0 aromatic rings. The van der Waals surface area contributed by atoms with Crippen molar-refractivity contribution in [2.45, 2.75) is 33.6 Å². The monoisotopic (exact) mass is 224 g/mol. The van der Waals surface area contributed by atoms with Gasteiger partial charge in [-0.25, -0.2) is 0 Å². The maximum absolute atomic E-state index is 12.2. The Balaban J connectivity index is 1.86. The zero-order valence-electron chi connectivity index (χ0n) is 10.8. The first kappa shape index (κ1) is 11.9. The lowest BCUT2D eigenvalue weighted by molar-refractivity contribution is -0.139. The number of hydrogen-bond acceptors (Lipinski definition) is 2. The summed E-state index contributed by atoms with van der Waals surface area (Å²) >= 11 is 0. The van der Waals surface area contributed by atoms with Crippen LogP contribution >= 0.6 is 0 Å². The first-order valence-electron chi connectivity index (χ1n) is 6.49. The number of likely N-dealkylation sites (tertiary alicyclic amines) is 1. The third kappa shape index (κ3) is 2.40. The van der Waals surface area contributed by atoms with Crippen LogP contribution in [0.5, 0.6) is 0 Å². The van der Waals surface area contributed by atoms with Crippen molar-refractivity contribution in [3.63, 3.8) is 0 Å². The smallest absolute Gasteiger partial charge is 0.225 e. The number of nitrogens with zero attached hydrogens (tertiary/aromatic N) is 1. The van der Waals surface area contributed by atoms with Gasteiger partial charge in [-0.3, -0.25) is 4.79 Å². The fourth-order valence-corrected chi connectivity index (χ4v) is 2.49. The van der Waals surface area contributed by atoms with Gasteiger partial charge in [-0.1, -0.05) is 20.8 Å². The standard InChI is InChI=1S/C13H24N2O/c1-10(11-8-14-9-11)12(16)15-6-4-13(2,3)5-7-15/h10-11,14H,4-9H2,1-3H3. The van der Waals surface area contributed by atoms with Gasteiger partial charge in [0.05, 0.1) is 0 Å². The highest BCUT2D eigenvalue weighted by molar-refractivity contribution is 5.79. The predicted molar refractivity (Wildman–Crippen MR) is 65.1 cm³/mol. The molecule has 0 aromatic heterocycles. The molecule has 2 saturated heterocycles. The quantitative estimate of drug-likeness (QED) is 0.771. The molecule has 2 fully saturated rings. The molecule has 0 aliphatic carbocycles. The van der Waals surface area contributed by atoms with Crippen LogP contribution in [-0.2, 0) is 4.79 Å². The summed E-state index contributed by atoms with van der Waals surface area (Å²) in [4.78, 5) is 14.3. The maximum Gasteiger partial charge on any atom is 0.225 e. The first-order valence-corrected chi connectivity index (χ1v) is 6.49. The van der Waals surface area contributed by atoms with Crippen molar-refractivity contribution in [2.75, 3.05) is 26.2 Å². The Morgan fingerprint density at radius 3 is 2.31 bits per heavy atom. The molecule has 0 spiro atoms. The highest BCUT2D eigenvalue weighted by atomic mass is 16.2. The lowest BCUT2D eigenvalue weighted by Gasteiger charge is -2.40. The summed E-state index contributed by atoms with van der Waals surface area (Å²) in [7, 11) is 0. The van der Waals surface area contributed by atoms with Crippen LogP contribution in [0.15, 0.2) is 0 Å². The molecule has 2 heterocycles. The molecule has 92 valence electrons. The van der Waals surface area contributed by atoms with Crippen molar-refractivity contribution < 1.29 is 4.79 Å². The molecule has 1 N–H and O–H groups in total. The minimum absolute atomic E-state index is 0.211. The van der Waals surface area contributed by atoms with E-state index in [4.69, 9.17) is 0 Å². The van der Waals surface area contributed by atoms with E-state index >= 15 is 0 Å². The molecule has 0 aromatic carbocycles. The molecular weight excluding hydrogens is 200 g/mol. The van der Waals surface area contributed by atoms with E-state index in [1.54, 1.807) is 0 Å². The summed E-state index contributed by atoms with van der Waals surface area (Å²) in [5.41, 5.74) is 0.429. The van der Waals surface area contributed by atoms with Crippen LogP contribution in [0, 0.1) is 17.3 Å². The summed E-state index contributed by atoms with van der Waals surface area (Å²) in [5.74, 6) is 1.16. The van der Waals surface area contributed by atoms with Gasteiger partial charge in [0.1, 0.15) is 0 Å². The third-order valence-electron chi connectivity index (χ3n) is 4.34.